The van der Waals surface area contributed by atoms with Crippen molar-refractivity contribution in [1.29, 1.82) is 0 Å². The molecule has 0 aromatic carbocycles. The molecule has 2 aliphatic heterocycles. The van der Waals surface area contributed by atoms with Crippen LogP contribution in [0.5, 0.6) is 0 Å². The second-order valence-electron chi connectivity index (χ2n) is 14.2. The monoisotopic (exact) mass is 564 g/mol. The highest BCUT2D eigenvalue weighted by Crippen LogP contribution is 2.65. The molecule has 0 radical (unpaired) electrons. The van der Waals surface area contributed by atoms with Crippen molar-refractivity contribution in [1.82, 2.24) is 31.5 Å². The van der Waals surface area contributed by atoms with Gasteiger partial charge in [-0.15, -0.1) is 0 Å². The number of nitrogens with zero attached hydrogens (tertiary/aromatic N) is 1. The first-order chi connectivity index (χ1) is 18.3. The number of carbonyl (C=O) groups is 5. The number of aliphatic hydroxyl groups excluding tert-OH is 1. The Bertz CT molecular complexity index is 1030. The van der Waals surface area contributed by atoms with Gasteiger partial charge >= 0.3 is 6.03 Å². The van der Waals surface area contributed by atoms with Crippen LogP contribution in [0.3, 0.4) is 0 Å². The summed E-state index contributed by atoms with van der Waals surface area (Å²) in [5, 5.41) is 24.4. The van der Waals surface area contributed by atoms with Gasteiger partial charge in [-0.25, -0.2) is 4.79 Å². The molecule has 0 aromatic rings. The zero-order valence-corrected chi connectivity index (χ0v) is 25.3. The molecule has 12 heteroatoms. The molecule has 226 valence electrons. The Kier molecular flexibility index (Phi) is 8.84. The minimum atomic E-state index is -1.57. The molecule has 6 N–H and O–H groups in total. The van der Waals surface area contributed by atoms with E-state index in [1.54, 1.807) is 0 Å². The lowest BCUT2D eigenvalue weighted by Crippen LogP contribution is -2.62. The number of urea groups is 1. The summed E-state index contributed by atoms with van der Waals surface area (Å²) >= 11 is 0. The number of carbonyl (C=O) groups excluding carboxylic acids is 5. The van der Waals surface area contributed by atoms with E-state index in [2.05, 4.69) is 40.4 Å². The van der Waals surface area contributed by atoms with Gasteiger partial charge in [-0.1, -0.05) is 34.6 Å². The number of piperidine rings is 1. The van der Waals surface area contributed by atoms with Crippen LogP contribution >= 0.6 is 0 Å². The lowest BCUT2D eigenvalue weighted by Gasteiger charge is -2.38. The van der Waals surface area contributed by atoms with E-state index < -0.39 is 58.9 Å². The molecular weight excluding hydrogens is 516 g/mol. The zero-order valence-electron chi connectivity index (χ0n) is 25.3. The standard InChI is InChI=1S/C28H48N6O6/c1-26(2,3)20(32-25(40)33-27(4,5)6)24(39)34-13-15-17(28(15,7)8)18(34)22(37)31-16(19(35)23(38)29-9)12-14-10-11-30-21(14)36/h14-20,35H,10-13H2,1-9H3,(H,29,38)(H,30,36)(H,31,37)(H2,32,33,40)/t14-,15-,16-,17-,18-,19+,20+/m0/s1. The van der Waals surface area contributed by atoms with Crippen LogP contribution in [-0.2, 0) is 19.2 Å². The molecule has 1 saturated carbocycles. The first-order valence-corrected chi connectivity index (χ1v) is 14.2. The summed E-state index contributed by atoms with van der Waals surface area (Å²) in [5.74, 6) is -2.17. The van der Waals surface area contributed by atoms with Crippen molar-refractivity contribution in [2.45, 2.75) is 98.0 Å². The molecule has 0 unspecified atom stereocenters. The van der Waals surface area contributed by atoms with Gasteiger partial charge < -0.3 is 36.6 Å². The van der Waals surface area contributed by atoms with Gasteiger partial charge in [-0.05, 0) is 56.3 Å². The van der Waals surface area contributed by atoms with Crippen molar-refractivity contribution in [3.8, 4) is 0 Å². The third kappa shape index (κ3) is 6.70. The number of amides is 6. The van der Waals surface area contributed by atoms with Crippen molar-refractivity contribution in [3.05, 3.63) is 0 Å². The maximum atomic E-state index is 14.0. The first kappa shape index (κ1) is 31.6. The fourth-order valence-electron chi connectivity index (χ4n) is 6.18. The fourth-order valence-corrected chi connectivity index (χ4v) is 6.18. The Labute approximate surface area is 237 Å². The summed E-state index contributed by atoms with van der Waals surface area (Å²) < 4.78 is 0. The highest BCUT2D eigenvalue weighted by molar-refractivity contribution is 5.94. The largest absolute Gasteiger partial charge is 0.381 e. The number of likely N-dealkylation sites (N-methyl/N-ethyl adjacent to an activating group) is 1. The Morgan fingerprint density at radius 3 is 2.23 bits per heavy atom. The number of fused-ring (bicyclic) bond motifs is 1. The van der Waals surface area contributed by atoms with E-state index in [-0.39, 0.29) is 35.5 Å². The lowest BCUT2D eigenvalue weighted by molar-refractivity contribution is -0.145. The van der Waals surface area contributed by atoms with Gasteiger partial charge in [0.15, 0.2) is 6.10 Å². The summed E-state index contributed by atoms with van der Waals surface area (Å²) in [7, 11) is 1.39. The summed E-state index contributed by atoms with van der Waals surface area (Å²) in [6.45, 7) is 16.0. The third-order valence-electron chi connectivity index (χ3n) is 8.56. The molecule has 0 spiro atoms. The average Bonchev–Trinajstić information content (AvgIpc) is 3.18. The maximum Gasteiger partial charge on any atom is 0.315 e. The Morgan fingerprint density at radius 2 is 1.73 bits per heavy atom. The van der Waals surface area contributed by atoms with E-state index in [9.17, 15) is 29.1 Å². The molecule has 3 fully saturated rings. The summed E-state index contributed by atoms with van der Waals surface area (Å²) in [6.07, 6.45) is -0.947. The lowest BCUT2D eigenvalue weighted by atomic mass is 9.85. The van der Waals surface area contributed by atoms with Crippen molar-refractivity contribution < 1.29 is 29.1 Å². The number of aliphatic hydroxyl groups is 1. The van der Waals surface area contributed by atoms with Crippen LogP contribution in [0, 0.1) is 28.6 Å². The Balaban J connectivity index is 1.86. The normalized spacial score (nSPS) is 27.6. The summed E-state index contributed by atoms with van der Waals surface area (Å²) in [6, 6.07) is -3.25. The van der Waals surface area contributed by atoms with Gasteiger partial charge in [-0.2, -0.15) is 0 Å². The van der Waals surface area contributed by atoms with E-state index in [1.165, 1.54) is 11.9 Å². The smallest absolute Gasteiger partial charge is 0.315 e. The zero-order chi connectivity index (χ0) is 30.4. The molecule has 0 aromatic heterocycles. The molecule has 3 aliphatic rings. The quantitative estimate of drug-likeness (QED) is 0.244. The molecule has 12 nitrogen and oxygen atoms in total. The molecular formula is C28H48N6O6. The predicted molar refractivity (Wildman–Crippen MR) is 149 cm³/mol. The van der Waals surface area contributed by atoms with Crippen molar-refractivity contribution in [2.75, 3.05) is 20.1 Å². The predicted octanol–water partition coefficient (Wildman–Crippen LogP) is 0.0997. The number of hydrogen-bond acceptors (Lipinski definition) is 6. The SMILES string of the molecule is CNC(=O)[C@H](O)[C@H](C[C@@H]1CCNC1=O)NC(=O)[C@@H]1[C@@H]2[C@H](CN1C(=O)[C@@H](NC(=O)NC(C)(C)C)C(C)(C)C)C2(C)C. The second kappa shape index (κ2) is 11.2. The van der Waals surface area contributed by atoms with Gasteiger partial charge in [0.05, 0.1) is 6.04 Å². The summed E-state index contributed by atoms with van der Waals surface area (Å²) in [5.41, 5.74) is -1.33. The maximum absolute atomic E-state index is 14.0. The molecule has 2 heterocycles. The van der Waals surface area contributed by atoms with Crippen LogP contribution in [0.25, 0.3) is 0 Å². The van der Waals surface area contributed by atoms with Crippen LogP contribution in [0.1, 0.15) is 68.2 Å². The molecule has 0 bridgehead atoms. The number of likely N-dealkylation sites (tertiary alicyclic amines) is 1. The van der Waals surface area contributed by atoms with E-state index in [0.717, 1.165) is 0 Å². The molecule has 3 rings (SSSR count). The molecule has 6 amide bonds. The number of nitrogens with one attached hydrogen (secondary N) is 5. The second-order valence-corrected chi connectivity index (χ2v) is 14.2. The molecule has 40 heavy (non-hydrogen) atoms. The minimum Gasteiger partial charge on any atom is -0.381 e. The van der Waals surface area contributed by atoms with E-state index in [4.69, 9.17) is 0 Å². The number of rotatable bonds is 8. The number of hydrogen-bond donors (Lipinski definition) is 6. The van der Waals surface area contributed by atoms with Crippen LogP contribution < -0.4 is 26.6 Å². The van der Waals surface area contributed by atoms with Gasteiger partial charge in [0.1, 0.15) is 12.1 Å². The summed E-state index contributed by atoms with van der Waals surface area (Å²) in [4.78, 5) is 66.8. The van der Waals surface area contributed by atoms with Crippen LogP contribution in [0.2, 0.25) is 0 Å². The average molecular weight is 565 g/mol. The van der Waals surface area contributed by atoms with Gasteiger partial charge in [-0.3, -0.25) is 19.2 Å². The molecule has 1 aliphatic carbocycles. The van der Waals surface area contributed by atoms with E-state index >= 15 is 0 Å². The van der Waals surface area contributed by atoms with Gasteiger partial charge in [0.25, 0.3) is 5.91 Å². The highest BCUT2D eigenvalue weighted by Gasteiger charge is 2.70. The van der Waals surface area contributed by atoms with Crippen molar-refractivity contribution in [3.63, 3.8) is 0 Å². The Morgan fingerprint density at radius 1 is 1.10 bits per heavy atom. The Hall–Kier alpha value is -2.89. The van der Waals surface area contributed by atoms with E-state index in [0.29, 0.717) is 19.5 Å². The topological polar surface area (TPSA) is 169 Å². The molecule has 7 atom stereocenters. The fraction of sp³-hybridized carbons (Fsp3) is 0.821. The van der Waals surface area contributed by atoms with Gasteiger partial charge in [0.2, 0.25) is 17.7 Å². The van der Waals surface area contributed by atoms with Crippen LogP contribution in [-0.4, -0.2) is 89.6 Å². The van der Waals surface area contributed by atoms with Gasteiger partial charge in [0, 0.05) is 31.6 Å². The first-order valence-electron chi connectivity index (χ1n) is 14.2. The molecule has 2 saturated heterocycles. The van der Waals surface area contributed by atoms with Crippen LogP contribution in [0.15, 0.2) is 0 Å². The highest BCUT2D eigenvalue weighted by atomic mass is 16.3. The van der Waals surface area contributed by atoms with Crippen LogP contribution in [0.4, 0.5) is 4.79 Å². The van der Waals surface area contributed by atoms with E-state index in [1.807, 2.05) is 41.5 Å². The minimum absolute atomic E-state index is 0.0868. The third-order valence-corrected chi connectivity index (χ3v) is 8.56. The van der Waals surface area contributed by atoms with Crippen molar-refractivity contribution >= 4 is 29.7 Å². The van der Waals surface area contributed by atoms with Crippen molar-refractivity contribution in [2.24, 2.45) is 28.6 Å².